The Morgan fingerprint density at radius 3 is 2.61 bits per heavy atom. The lowest BCUT2D eigenvalue weighted by Gasteiger charge is -2.21. The standard InChI is InChI=1S/C28H28N4O5S/c1-16(2)29-28-31-23(15-38-28)22-13-25(20-10-9-18(36-3)11-21(20)30-22)37-19-12-24(27(34)35)32(14-19)26(33)17-7-5-4-6-8-17/h4-11,13,15-16,19,24H,12,14H2,1-3H3,(H,29,31)(H,34,35)/t19-,24+/m1/s1. The van der Waals surface area contributed by atoms with Crippen LogP contribution in [0.1, 0.15) is 30.6 Å². The molecule has 3 heterocycles. The van der Waals surface area contributed by atoms with Crippen molar-refractivity contribution in [3.8, 4) is 22.9 Å². The first-order valence-corrected chi connectivity index (χ1v) is 13.2. The van der Waals surface area contributed by atoms with Crippen LogP contribution < -0.4 is 14.8 Å². The fourth-order valence-corrected chi connectivity index (χ4v) is 5.36. The van der Waals surface area contributed by atoms with Gasteiger partial charge in [-0.2, -0.15) is 0 Å². The average molecular weight is 533 g/mol. The number of nitrogens with one attached hydrogen (secondary N) is 1. The van der Waals surface area contributed by atoms with Crippen molar-refractivity contribution in [2.75, 3.05) is 19.0 Å². The highest BCUT2D eigenvalue weighted by atomic mass is 32.1. The number of nitrogens with zero attached hydrogens (tertiary/aromatic N) is 3. The summed E-state index contributed by atoms with van der Waals surface area (Å²) in [6.07, 6.45) is -0.347. The molecule has 4 aromatic rings. The predicted molar refractivity (Wildman–Crippen MR) is 146 cm³/mol. The van der Waals surface area contributed by atoms with Crippen LogP contribution in [0.5, 0.6) is 11.5 Å². The molecule has 0 bridgehead atoms. The normalized spacial score (nSPS) is 17.1. The van der Waals surface area contributed by atoms with Crippen LogP contribution in [0.4, 0.5) is 5.13 Å². The third kappa shape index (κ3) is 5.26. The maximum absolute atomic E-state index is 13.1. The Bertz CT molecular complexity index is 1470. The zero-order valence-electron chi connectivity index (χ0n) is 21.2. The van der Waals surface area contributed by atoms with Gasteiger partial charge in [0, 0.05) is 40.9 Å². The Morgan fingerprint density at radius 2 is 1.89 bits per heavy atom. The van der Waals surface area contributed by atoms with Crippen molar-refractivity contribution in [2.45, 2.75) is 38.5 Å². The number of hydrogen-bond acceptors (Lipinski definition) is 8. The van der Waals surface area contributed by atoms with Crippen LogP contribution in [0.15, 0.2) is 60.0 Å². The summed E-state index contributed by atoms with van der Waals surface area (Å²) in [5, 5.41) is 16.6. The van der Waals surface area contributed by atoms with Gasteiger partial charge >= 0.3 is 5.97 Å². The van der Waals surface area contributed by atoms with Crippen LogP contribution in [-0.2, 0) is 4.79 Å². The van der Waals surface area contributed by atoms with Gasteiger partial charge in [-0.25, -0.2) is 14.8 Å². The zero-order chi connectivity index (χ0) is 26.8. The van der Waals surface area contributed by atoms with E-state index in [-0.39, 0.29) is 24.9 Å². The molecule has 2 atom stereocenters. The Labute approximate surface area is 224 Å². The van der Waals surface area contributed by atoms with Crippen LogP contribution in [0.2, 0.25) is 0 Å². The number of hydrogen-bond donors (Lipinski definition) is 2. The number of rotatable bonds is 8. The summed E-state index contributed by atoms with van der Waals surface area (Å²) in [5.74, 6) is -0.193. The molecular formula is C28H28N4O5S. The quantitative estimate of drug-likeness (QED) is 0.328. The number of amides is 1. The highest BCUT2D eigenvalue weighted by Crippen LogP contribution is 2.35. The number of fused-ring (bicyclic) bond motifs is 1. The molecule has 1 saturated heterocycles. The van der Waals surface area contributed by atoms with E-state index < -0.39 is 18.1 Å². The second-order valence-corrected chi connectivity index (χ2v) is 10.2. The largest absolute Gasteiger partial charge is 0.497 e. The monoisotopic (exact) mass is 532 g/mol. The molecular weight excluding hydrogens is 504 g/mol. The maximum atomic E-state index is 13.1. The van der Waals surface area contributed by atoms with Crippen molar-refractivity contribution in [3.63, 3.8) is 0 Å². The molecule has 0 aliphatic carbocycles. The lowest BCUT2D eigenvalue weighted by Crippen LogP contribution is -2.40. The molecule has 0 saturated carbocycles. The summed E-state index contributed by atoms with van der Waals surface area (Å²) in [7, 11) is 1.59. The van der Waals surface area contributed by atoms with E-state index in [1.165, 1.54) is 16.2 Å². The minimum atomic E-state index is -1.06. The Morgan fingerprint density at radius 1 is 1.11 bits per heavy atom. The van der Waals surface area contributed by atoms with E-state index in [1.807, 2.05) is 49.6 Å². The topological polar surface area (TPSA) is 114 Å². The van der Waals surface area contributed by atoms with Gasteiger partial charge < -0.3 is 24.8 Å². The number of anilines is 1. The van der Waals surface area contributed by atoms with Crippen LogP contribution in [0.3, 0.4) is 0 Å². The average Bonchev–Trinajstić information content (AvgIpc) is 3.55. The van der Waals surface area contributed by atoms with Crippen molar-refractivity contribution in [1.29, 1.82) is 0 Å². The summed E-state index contributed by atoms with van der Waals surface area (Å²) >= 11 is 1.49. The number of carbonyl (C=O) groups excluding carboxylic acids is 1. The van der Waals surface area contributed by atoms with Crippen molar-refractivity contribution in [3.05, 3.63) is 65.5 Å². The van der Waals surface area contributed by atoms with Crippen LogP contribution in [0, 0.1) is 0 Å². The number of aromatic nitrogens is 2. The SMILES string of the molecule is COc1ccc2c(O[C@@H]3C[C@@H](C(=O)O)N(C(=O)c4ccccc4)C3)cc(-c3csc(NC(C)C)n3)nc2c1. The third-order valence-corrected chi connectivity index (χ3v) is 7.05. The molecule has 2 aromatic heterocycles. The van der Waals surface area contributed by atoms with Gasteiger partial charge in [0.15, 0.2) is 5.13 Å². The van der Waals surface area contributed by atoms with E-state index in [1.54, 1.807) is 31.4 Å². The van der Waals surface area contributed by atoms with E-state index in [0.29, 0.717) is 34.0 Å². The summed E-state index contributed by atoms with van der Waals surface area (Å²) in [6, 6.07) is 15.3. The molecule has 1 fully saturated rings. The van der Waals surface area contributed by atoms with E-state index in [9.17, 15) is 14.7 Å². The van der Waals surface area contributed by atoms with Crippen molar-refractivity contribution in [2.24, 2.45) is 0 Å². The molecule has 1 aliphatic rings. The number of likely N-dealkylation sites (tertiary alicyclic amines) is 1. The van der Waals surface area contributed by atoms with E-state index in [2.05, 4.69) is 10.3 Å². The van der Waals surface area contributed by atoms with E-state index in [4.69, 9.17) is 14.5 Å². The molecule has 0 unspecified atom stereocenters. The Hall–Kier alpha value is -4.18. The molecule has 9 nitrogen and oxygen atoms in total. The fourth-order valence-electron chi connectivity index (χ4n) is 4.50. The van der Waals surface area contributed by atoms with Gasteiger partial charge in [-0.1, -0.05) is 18.2 Å². The number of carbonyl (C=O) groups is 2. The summed E-state index contributed by atoms with van der Waals surface area (Å²) in [6.45, 7) is 4.25. The molecule has 2 aromatic carbocycles. The molecule has 0 spiro atoms. The molecule has 1 aliphatic heterocycles. The fraction of sp³-hybridized carbons (Fsp3) is 0.286. The second-order valence-electron chi connectivity index (χ2n) is 9.38. The number of carboxylic acids is 1. The lowest BCUT2D eigenvalue weighted by atomic mass is 10.1. The van der Waals surface area contributed by atoms with Gasteiger partial charge in [0.25, 0.3) is 5.91 Å². The van der Waals surface area contributed by atoms with Crippen LogP contribution in [-0.4, -0.2) is 63.7 Å². The van der Waals surface area contributed by atoms with Crippen LogP contribution >= 0.6 is 11.3 Å². The van der Waals surface area contributed by atoms with Gasteiger partial charge in [-0.3, -0.25) is 4.79 Å². The molecule has 2 N–H and O–H groups in total. The van der Waals surface area contributed by atoms with Gasteiger partial charge in [0.1, 0.15) is 29.3 Å². The minimum Gasteiger partial charge on any atom is -0.497 e. The first kappa shape index (κ1) is 25.5. The Balaban J connectivity index is 1.48. The first-order valence-electron chi connectivity index (χ1n) is 12.3. The molecule has 5 rings (SSSR count). The molecule has 0 radical (unpaired) electrons. The smallest absolute Gasteiger partial charge is 0.326 e. The zero-order valence-corrected chi connectivity index (χ0v) is 22.1. The number of thiazole rings is 1. The lowest BCUT2D eigenvalue weighted by molar-refractivity contribution is -0.141. The van der Waals surface area contributed by atoms with Crippen molar-refractivity contribution >= 4 is 39.2 Å². The summed E-state index contributed by atoms with van der Waals surface area (Å²) in [5.41, 5.74) is 2.42. The minimum absolute atomic E-state index is 0.152. The van der Waals surface area contributed by atoms with E-state index in [0.717, 1.165) is 10.5 Å². The molecule has 196 valence electrons. The van der Waals surface area contributed by atoms with Gasteiger partial charge in [-0.15, -0.1) is 11.3 Å². The summed E-state index contributed by atoms with van der Waals surface area (Å²) < 4.78 is 11.8. The highest BCUT2D eigenvalue weighted by molar-refractivity contribution is 7.14. The second kappa shape index (κ2) is 10.7. The van der Waals surface area contributed by atoms with Gasteiger partial charge in [-0.05, 0) is 38.1 Å². The molecule has 10 heteroatoms. The van der Waals surface area contributed by atoms with Gasteiger partial charge in [0.2, 0.25) is 0 Å². The number of ether oxygens (including phenoxy) is 2. The molecule has 38 heavy (non-hydrogen) atoms. The summed E-state index contributed by atoms with van der Waals surface area (Å²) in [4.78, 5) is 36.0. The number of carboxylic acid groups (broad SMARTS) is 1. The van der Waals surface area contributed by atoms with Crippen molar-refractivity contribution in [1.82, 2.24) is 14.9 Å². The highest BCUT2D eigenvalue weighted by Gasteiger charge is 2.41. The predicted octanol–water partition coefficient (Wildman–Crippen LogP) is 4.93. The van der Waals surface area contributed by atoms with Crippen molar-refractivity contribution < 1.29 is 24.2 Å². The van der Waals surface area contributed by atoms with Crippen LogP contribution in [0.25, 0.3) is 22.3 Å². The number of methoxy groups -OCH3 is 1. The molecule has 1 amide bonds. The van der Waals surface area contributed by atoms with Gasteiger partial charge in [0.05, 0.1) is 24.9 Å². The maximum Gasteiger partial charge on any atom is 0.326 e. The number of aliphatic carboxylic acids is 1. The Kier molecular flexibility index (Phi) is 7.15. The number of pyridine rings is 1. The third-order valence-electron chi connectivity index (χ3n) is 6.28. The van der Waals surface area contributed by atoms with E-state index >= 15 is 0 Å². The number of benzene rings is 2. The first-order chi connectivity index (χ1) is 18.3.